The van der Waals surface area contributed by atoms with Gasteiger partial charge in [-0.25, -0.2) is 4.79 Å². The van der Waals surface area contributed by atoms with Crippen LogP contribution < -0.4 is 0 Å². The summed E-state index contributed by atoms with van der Waals surface area (Å²) in [4.78, 5) is 11.3. The molecule has 0 heterocycles. The number of benzene rings is 1. The lowest BCUT2D eigenvalue weighted by Gasteiger charge is -2.21. The molecule has 1 aliphatic rings. The van der Waals surface area contributed by atoms with E-state index in [1.54, 1.807) is 6.08 Å². The molecule has 1 fully saturated rings. The van der Waals surface area contributed by atoms with Crippen molar-refractivity contribution >= 4 is 5.97 Å². The number of esters is 1. The monoisotopic (exact) mass is 342 g/mol. The quantitative estimate of drug-likeness (QED) is 0.325. The Bertz CT molecular complexity index is 574. The Labute approximate surface area is 151 Å². The molecular weight excluding hydrogens is 312 g/mol. The van der Waals surface area contributed by atoms with Gasteiger partial charge < -0.3 is 9.84 Å². The average molecular weight is 342 g/mol. The predicted octanol–water partition coefficient (Wildman–Crippen LogP) is 4.61. The number of hydrogen-bond acceptors (Lipinski definition) is 3. The van der Waals surface area contributed by atoms with Gasteiger partial charge >= 0.3 is 5.97 Å². The zero-order valence-electron chi connectivity index (χ0n) is 15.2. The zero-order valence-corrected chi connectivity index (χ0v) is 15.2. The Morgan fingerprint density at radius 1 is 1.32 bits per heavy atom. The molecule has 25 heavy (non-hydrogen) atoms. The molecule has 0 saturated heterocycles. The van der Waals surface area contributed by atoms with Crippen molar-refractivity contribution in [3.8, 4) is 0 Å². The minimum atomic E-state index is -0.370. The van der Waals surface area contributed by atoms with Crippen molar-refractivity contribution in [1.82, 2.24) is 0 Å². The van der Waals surface area contributed by atoms with Crippen molar-refractivity contribution in [1.29, 1.82) is 0 Å². The summed E-state index contributed by atoms with van der Waals surface area (Å²) in [6.07, 6.45) is 13.4. The van der Waals surface area contributed by atoms with Gasteiger partial charge in [0.05, 0.1) is 13.2 Å². The number of carbonyl (C=O) groups is 1. The summed E-state index contributed by atoms with van der Waals surface area (Å²) in [7, 11) is 1.41. The number of aliphatic hydroxyl groups excluding tert-OH is 1. The van der Waals surface area contributed by atoms with Crippen LogP contribution in [0.2, 0.25) is 0 Å². The number of aryl methyl sites for hydroxylation is 1. The van der Waals surface area contributed by atoms with E-state index in [0.717, 1.165) is 56.9 Å². The molecule has 0 aromatic heterocycles. The Morgan fingerprint density at radius 2 is 2.12 bits per heavy atom. The first-order valence-corrected chi connectivity index (χ1v) is 9.35. The highest BCUT2D eigenvalue weighted by molar-refractivity contribution is 5.82. The highest BCUT2D eigenvalue weighted by Gasteiger charge is 2.16. The molecule has 2 rings (SSSR count). The highest BCUT2D eigenvalue weighted by Crippen LogP contribution is 2.29. The molecular formula is C22H30O3. The van der Waals surface area contributed by atoms with E-state index < -0.39 is 0 Å². The van der Waals surface area contributed by atoms with E-state index in [1.165, 1.54) is 12.7 Å². The molecule has 3 heteroatoms. The average Bonchev–Trinajstić information content (AvgIpc) is 2.64. The second-order valence-electron chi connectivity index (χ2n) is 6.87. The molecule has 0 spiro atoms. The number of allylic oxidation sites excluding steroid dienone is 2. The van der Waals surface area contributed by atoms with Crippen molar-refractivity contribution in [3.63, 3.8) is 0 Å². The molecule has 0 bridgehead atoms. The van der Waals surface area contributed by atoms with Crippen LogP contribution in [-0.2, 0) is 16.0 Å². The van der Waals surface area contributed by atoms with E-state index in [0.29, 0.717) is 5.92 Å². The van der Waals surface area contributed by atoms with Gasteiger partial charge in [-0.1, -0.05) is 54.5 Å². The lowest BCUT2D eigenvalue weighted by molar-refractivity contribution is -0.134. The fourth-order valence-electron chi connectivity index (χ4n) is 3.36. The zero-order chi connectivity index (χ0) is 17.9. The second kappa shape index (κ2) is 10.9. The first-order valence-electron chi connectivity index (χ1n) is 9.35. The highest BCUT2D eigenvalue weighted by atomic mass is 16.5. The summed E-state index contributed by atoms with van der Waals surface area (Å²) < 4.78 is 4.70. The van der Waals surface area contributed by atoms with Gasteiger partial charge in [-0.2, -0.15) is 0 Å². The van der Waals surface area contributed by atoms with Gasteiger partial charge in [-0.3, -0.25) is 0 Å². The number of aliphatic hydroxyl groups is 1. The van der Waals surface area contributed by atoms with Gasteiger partial charge in [0.1, 0.15) is 0 Å². The van der Waals surface area contributed by atoms with Crippen LogP contribution in [0.1, 0.15) is 50.5 Å². The van der Waals surface area contributed by atoms with Crippen LogP contribution >= 0.6 is 0 Å². The largest absolute Gasteiger partial charge is 0.466 e. The summed E-state index contributed by atoms with van der Waals surface area (Å²) in [6.45, 7) is 0. The third-order valence-electron chi connectivity index (χ3n) is 4.78. The van der Waals surface area contributed by atoms with Gasteiger partial charge in [0.2, 0.25) is 0 Å². The maximum atomic E-state index is 11.3. The van der Waals surface area contributed by atoms with Gasteiger partial charge in [-0.15, -0.1) is 0 Å². The molecule has 0 radical (unpaired) electrons. The van der Waals surface area contributed by atoms with E-state index in [2.05, 4.69) is 30.3 Å². The maximum Gasteiger partial charge on any atom is 0.330 e. The van der Waals surface area contributed by atoms with E-state index in [9.17, 15) is 9.90 Å². The minimum Gasteiger partial charge on any atom is -0.466 e. The standard InChI is InChI=1S/C22H30O3/c1-25-22(24)17-20-12-7-11-19(16-20)14-15-21(23)13-6-5-10-18-8-3-2-4-9-18/h2-4,8-9,14-15,17,19,21,23H,5-7,10-13,16H2,1H3/b15-14+,20-17-/t19?,21-/m1/s1. The first kappa shape index (κ1) is 19.5. The number of carbonyl (C=O) groups excluding carboxylic acids is 1. The van der Waals surface area contributed by atoms with Crippen molar-refractivity contribution in [3.05, 3.63) is 59.7 Å². The molecule has 1 aliphatic carbocycles. The molecule has 1 aromatic carbocycles. The number of rotatable bonds is 8. The van der Waals surface area contributed by atoms with Crippen molar-refractivity contribution in [2.45, 2.75) is 57.5 Å². The summed E-state index contributed by atoms with van der Waals surface area (Å²) in [5.74, 6) is 0.154. The van der Waals surface area contributed by atoms with E-state index in [1.807, 2.05) is 12.1 Å². The van der Waals surface area contributed by atoms with Crippen LogP contribution in [-0.4, -0.2) is 24.3 Å². The molecule has 1 N–H and O–H groups in total. The predicted molar refractivity (Wildman–Crippen MR) is 101 cm³/mol. The summed E-state index contributed by atoms with van der Waals surface area (Å²) >= 11 is 0. The normalized spacial score (nSPS) is 20.7. The molecule has 3 nitrogen and oxygen atoms in total. The molecule has 0 amide bonds. The van der Waals surface area contributed by atoms with Crippen molar-refractivity contribution in [2.24, 2.45) is 5.92 Å². The number of unbranched alkanes of at least 4 members (excludes halogenated alkanes) is 1. The third kappa shape index (κ3) is 7.70. The molecule has 136 valence electrons. The Balaban J connectivity index is 1.68. The fraction of sp³-hybridized carbons (Fsp3) is 0.500. The van der Waals surface area contributed by atoms with Crippen molar-refractivity contribution < 1.29 is 14.6 Å². The van der Waals surface area contributed by atoms with Crippen LogP contribution in [0.25, 0.3) is 0 Å². The topological polar surface area (TPSA) is 46.5 Å². The van der Waals surface area contributed by atoms with E-state index in [-0.39, 0.29) is 12.1 Å². The Morgan fingerprint density at radius 3 is 2.88 bits per heavy atom. The third-order valence-corrected chi connectivity index (χ3v) is 4.78. The maximum absolute atomic E-state index is 11.3. The van der Waals surface area contributed by atoms with Crippen LogP contribution in [0.3, 0.4) is 0 Å². The Hall–Kier alpha value is -1.87. The fourth-order valence-corrected chi connectivity index (χ4v) is 3.36. The first-order chi connectivity index (χ1) is 12.2. The lowest BCUT2D eigenvalue weighted by atomic mass is 9.85. The van der Waals surface area contributed by atoms with Gasteiger partial charge in [0, 0.05) is 6.08 Å². The smallest absolute Gasteiger partial charge is 0.330 e. The summed E-state index contributed by atoms with van der Waals surface area (Å²) in [6, 6.07) is 10.5. The number of hydrogen-bond donors (Lipinski definition) is 1. The van der Waals surface area contributed by atoms with E-state index >= 15 is 0 Å². The second-order valence-corrected chi connectivity index (χ2v) is 6.87. The Kier molecular flexibility index (Phi) is 8.47. The lowest BCUT2D eigenvalue weighted by Crippen LogP contribution is -2.10. The molecule has 1 aromatic rings. The van der Waals surface area contributed by atoms with Crippen LogP contribution in [0.4, 0.5) is 0 Å². The van der Waals surface area contributed by atoms with Crippen LogP contribution in [0.5, 0.6) is 0 Å². The minimum absolute atomic E-state index is 0.266. The number of ether oxygens (including phenoxy) is 1. The van der Waals surface area contributed by atoms with Crippen LogP contribution in [0, 0.1) is 5.92 Å². The summed E-state index contributed by atoms with van der Waals surface area (Å²) in [5.41, 5.74) is 2.52. The van der Waals surface area contributed by atoms with Gasteiger partial charge in [0.25, 0.3) is 0 Å². The van der Waals surface area contributed by atoms with E-state index in [4.69, 9.17) is 4.74 Å². The number of methoxy groups -OCH3 is 1. The van der Waals surface area contributed by atoms with Crippen LogP contribution in [0.15, 0.2) is 54.1 Å². The molecule has 1 unspecified atom stereocenters. The van der Waals surface area contributed by atoms with Gasteiger partial charge in [-0.05, 0) is 56.4 Å². The molecule has 1 saturated carbocycles. The van der Waals surface area contributed by atoms with Gasteiger partial charge in [0.15, 0.2) is 0 Å². The van der Waals surface area contributed by atoms with Crippen molar-refractivity contribution in [2.75, 3.05) is 7.11 Å². The SMILES string of the molecule is COC(=O)/C=C1/CCCC(/C=C/[C@H](O)CCCCc2ccccc2)C1. The molecule has 2 atom stereocenters. The molecule has 0 aliphatic heterocycles. The summed E-state index contributed by atoms with van der Waals surface area (Å²) in [5, 5.41) is 10.2.